The molecule has 1 radical (unpaired) electrons. The third-order valence-corrected chi connectivity index (χ3v) is 0. The fourth-order valence-electron chi connectivity index (χ4n) is 0. The quantitative estimate of drug-likeness (QED) is 0.451. The maximum absolute atomic E-state index is 4.11. The van der Waals surface area contributed by atoms with Crippen molar-refractivity contribution in [2.24, 2.45) is 0 Å². The summed E-state index contributed by atoms with van der Waals surface area (Å²) < 4.78 is 0. The van der Waals surface area contributed by atoms with E-state index >= 15 is 0 Å². The van der Waals surface area contributed by atoms with Crippen molar-refractivity contribution < 1.29 is 17.1 Å². The average Bonchev–Trinajstić information content (AvgIpc) is 1.00. The van der Waals surface area contributed by atoms with Crippen molar-refractivity contribution in [3.05, 3.63) is 0 Å². The predicted octanol–water partition coefficient (Wildman–Crippen LogP) is -2.37. The first-order valence-electron chi connectivity index (χ1n) is 0.289. The molecule has 33 valence electrons. The zero-order valence-electron chi connectivity index (χ0n) is 1.42. The summed E-state index contributed by atoms with van der Waals surface area (Å²) in [5.41, 5.74) is 0. The topological polar surface area (TPSA) is 0 Å². The first kappa shape index (κ1) is 25.0. The molecular weight excluding hydrogens is 307 g/mol. The maximum atomic E-state index is 4.11. The Labute approximate surface area is 86.4 Å². The van der Waals surface area contributed by atoms with Gasteiger partial charge in [0.1, 0.15) is 0 Å². The van der Waals surface area contributed by atoms with Crippen molar-refractivity contribution in [1.82, 2.24) is 0 Å². The van der Waals surface area contributed by atoms with Gasteiger partial charge in [-0.2, -0.15) is 0 Å². The molecule has 0 heterocycles. The van der Waals surface area contributed by atoms with E-state index < -0.39 is 0 Å². The molecule has 0 aliphatic rings. The van der Waals surface area contributed by atoms with Crippen LogP contribution in [0.5, 0.6) is 0 Å². The van der Waals surface area contributed by atoms with E-state index in [-0.39, 0.29) is 62.7 Å². The van der Waals surface area contributed by atoms with E-state index in [0.717, 1.165) is 0 Å². The zero-order chi connectivity index (χ0) is 2.00. The van der Waals surface area contributed by atoms with E-state index in [9.17, 15) is 0 Å². The zero-order valence-corrected chi connectivity index (χ0v) is 4.59. The summed E-state index contributed by atoms with van der Waals surface area (Å²) in [5.74, 6) is 0. The second-order valence-corrected chi connectivity index (χ2v) is 0. The Balaban J connectivity index is -0.00000000167. The monoisotopic (exact) mass is 313 g/mol. The van der Waals surface area contributed by atoms with Crippen LogP contribution in [0.3, 0.4) is 0 Å². The van der Waals surface area contributed by atoms with Crippen molar-refractivity contribution in [2.75, 3.05) is 0 Å². The third kappa shape index (κ3) is 20.0. The van der Waals surface area contributed by atoms with Gasteiger partial charge in [0.25, 0.3) is 0 Å². The molecule has 0 rings (SSSR count). The van der Waals surface area contributed by atoms with Gasteiger partial charge in [-0.05, 0) is 0 Å². The second-order valence-electron chi connectivity index (χ2n) is 0. The van der Waals surface area contributed by atoms with Crippen LogP contribution >= 0.6 is 10.5 Å². The van der Waals surface area contributed by atoms with Crippen LogP contribution in [0.4, 0.5) is 0 Å². The normalized spacial score (nSPS) is 0.600. The van der Waals surface area contributed by atoms with Crippen molar-refractivity contribution in [2.45, 2.75) is 0 Å². The molecule has 0 aromatic carbocycles. The van der Waals surface area contributed by atoms with Crippen molar-refractivity contribution >= 4 is 70.8 Å². The van der Waals surface area contributed by atoms with Gasteiger partial charge in [0.15, 0.2) is 0 Å². The Morgan fingerprint density at radius 3 is 1.20 bits per heavy atom. The summed E-state index contributed by atoms with van der Waals surface area (Å²) in [7, 11) is 4.11. The van der Waals surface area contributed by atoms with Gasteiger partial charge in [-0.15, -0.1) is 0 Å². The predicted molar refractivity (Wildman–Crippen MR) is 34.6 cm³/mol. The van der Waals surface area contributed by atoms with Gasteiger partial charge >= 0.3 is 70.8 Å². The molecule has 0 bridgehead atoms. The van der Waals surface area contributed by atoms with Gasteiger partial charge in [0.2, 0.25) is 0 Å². The van der Waals surface area contributed by atoms with Gasteiger partial charge in [0.05, 0.1) is 0 Å². The summed E-state index contributed by atoms with van der Waals surface area (Å²) in [6.45, 7) is 0. The van der Waals surface area contributed by atoms with Gasteiger partial charge in [-0.1, -0.05) is 0 Å². The van der Waals surface area contributed by atoms with Gasteiger partial charge in [-0.25, -0.2) is 0 Å². The van der Waals surface area contributed by atoms with E-state index in [2.05, 4.69) is 10.5 Å². The second kappa shape index (κ2) is 29.3. The number of hydrogen-bond acceptors (Lipinski definition) is 1. The van der Waals surface area contributed by atoms with Crippen LogP contribution in [0.15, 0.2) is 0 Å². The third-order valence-electron chi connectivity index (χ3n) is 0. The molecule has 5 heteroatoms. The van der Waals surface area contributed by atoms with E-state index in [4.69, 9.17) is 0 Å². The van der Waals surface area contributed by atoms with Gasteiger partial charge in [0, 0.05) is 17.1 Å². The summed E-state index contributed by atoms with van der Waals surface area (Å²) in [6, 6.07) is 0. The molecule has 0 unspecified atom stereocenters. The van der Waals surface area contributed by atoms with Crippen molar-refractivity contribution in [3.8, 4) is 0 Å². The fourth-order valence-corrected chi connectivity index (χ4v) is 0. The SMILES string of the molecule is [AlH]=[S].[Cu].[GaH3].[InH3]. The average molecular weight is 314 g/mol. The standard InChI is InChI=1S/Al.Cu.Ga.In.S.7H. The molecule has 0 N–H and O–H groups in total. The molecule has 0 aliphatic heterocycles. The van der Waals surface area contributed by atoms with Crippen LogP contribution in [0.25, 0.3) is 0 Å². The van der Waals surface area contributed by atoms with E-state index in [0.29, 0.717) is 0 Å². The van der Waals surface area contributed by atoms with E-state index in [1.165, 1.54) is 14.6 Å². The van der Waals surface area contributed by atoms with Crippen LogP contribution in [-0.4, -0.2) is 60.3 Å². The van der Waals surface area contributed by atoms with Crippen LogP contribution in [0, 0.1) is 0 Å². The summed E-state index contributed by atoms with van der Waals surface area (Å²) in [6.07, 6.45) is 0. The molecule has 0 aromatic rings. The number of hydrogen-bond donors (Lipinski definition) is 0. The first-order chi connectivity index (χ1) is 1.00. The van der Waals surface area contributed by atoms with Crippen molar-refractivity contribution in [3.63, 3.8) is 0 Å². The minimum atomic E-state index is 0. The molecule has 0 saturated heterocycles. The summed E-state index contributed by atoms with van der Waals surface area (Å²) >= 11 is 1.44. The molecule has 0 atom stereocenters. The molecule has 0 saturated carbocycles. The van der Waals surface area contributed by atoms with Crippen LogP contribution in [0.1, 0.15) is 0 Å². The molecule has 0 aromatic heterocycles. The minimum absolute atomic E-state index is 0. The Hall–Kier alpha value is 2.78. The first-order valence-corrected chi connectivity index (χ1v) is 2.60. The molecular formula is H7AlCuGaInS. The molecule has 0 aliphatic carbocycles. The Morgan fingerprint density at radius 1 is 1.20 bits per heavy atom. The van der Waals surface area contributed by atoms with Gasteiger partial charge in [-0.3, -0.25) is 0 Å². The number of rotatable bonds is 0. The Bertz CT molecular complexity index is 11.6. The molecule has 0 nitrogen and oxygen atoms in total. The summed E-state index contributed by atoms with van der Waals surface area (Å²) in [5, 5.41) is 0. The van der Waals surface area contributed by atoms with E-state index in [1.807, 2.05) is 0 Å². The van der Waals surface area contributed by atoms with Crippen LogP contribution in [-0.2, 0) is 17.1 Å². The molecule has 0 fully saturated rings. The van der Waals surface area contributed by atoms with Crippen molar-refractivity contribution in [1.29, 1.82) is 0 Å². The Kier molecular flexibility index (Phi) is 147. The molecule has 0 spiro atoms. The molecule has 5 heavy (non-hydrogen) atoms. The van der Waals surface area contributed by atoms with Crippen LogP contribution < -0.4 is 0 Å². The summed E-state index contributed by atoms with van der Waals surface area (Å²) in [4.78, 5) is 0. The molecule has 0 amide bonds. The van der Waals surface area contributed by atoms with Gasteiger partial charge < -0.3 is 0 Å². The van der Waals surface area contributed by atoms with Crippen LogP contribution in [0.2, 0.25) is 0 Å². The van der Waals surface area contributed by atoms with E-state index in [1.54, 1.807) is 0 Å². The fraction of sp³-hybridized carbons (Fsp3) is 0. The Morgan fingerprint density at radius 2 is 1.20 bits per heavy atom.